The van der Waals surface area contributed by atoms with Gasteiger partial charge in [-0.15, -0.1) is 13.2 Å². The first-order valence-corrected chi connectivity index (χ1v) is 5.06. The number of likely N-dealkylation sites (N-methyl/N-ethyl adjacent to an activating group) is 1. The highest BCUT2D eigenvalue weighted by atomic mass is 19.4. The lowest BCUT2D eigenvalue weighted by Gasteiger charge is -2.09. The number of benzene rings is 1. The van der Waals surface area contributed by atoms with E-state index in [9.17, 15) is 13.2 Å². The Bertz CT molecular complexity index is 308. The molecule has 0 amide bonds. The van der Waals surface area contributed by atoms with Crippen LogP contribution in [-0.2, 0) is 6.42 Å². The van der Waals surface area contributed by atoms with Gasteiger partial charge in [0, 0.05) is 0 Å². The molecule has 16 heavy (non-hydrogen) atoms. The molecule has 0 spiro atoms. The molecule has 0 aliphatic heterocycles. The first-order valence-electron chi connectivity index (χ1n) is 5.06. The minimum absolute atomic E-state index is 0.181. The number of alkyl halides is 3. The Hall–Kier alpha value is -1.23. The molecule has 2 nitrogen and oxygen atoms in total. The SMILES string of the molecule is CCNCCc1ccc(OC(F)(F)F)cc1. The molecule has 1 aromatic carbocycles. The van der Waals surface area contributed by atoms with Gasteiger partial charge in [-0.25, -0.2) is 0 Å². The quantitative estimate of drug-likeness (QED) is 0.789. The summed E-state index contributed by atoms with van der Waals surface area (Å²) < 4.78 is 39.3. The summed E-state index contributed by atoms with van der Waals surface area (Å²) in [6.45, 7) is 3.70. The third-order valence-electron chi connectivity index (χ3n) is 2.00. The Labute approximate surface area is 92.4 Å². The number of halogens is 3. The van der Waals surface area contributed by atoms with E-state index in [0.717, 1.165) is 25.1 Å². The van der Waals surface area contributed by atoms with E-state index >= 15 is 0 Å². The summed E-state index contributed by atoms with van der Waals surface area (Å²) in [5, 5.41) is 3.14. The van der Waals surface area contributed by atoms with E-state index in [-0.39, 0.29) is 5.75 Å². The smallest absolute Gasteiger partial charge is 0.406 e. The maximum Gasteiger partial charge on any atom is 0.573 e. The largest absolute Gasteiger partial charge is 0.573 e. The number of nitrogens with one attached hydrogen (secondary N) is 1. The van der Waals surface area contributed by atoms with Crippen LogP contribution >= 0.6 is 0 Å². The standard InChI is InChI=1S/C11H14F3NO/c1-2-15-8-7-9-3-5-10(6-4-9)16-11(12,13)14/h3-6,15H,2,7-8H2,1H3. The molecule has 0 fully saturated rings. The second kappa shape index (κ2) is 5.75. The number of hydrogen-bond acceptors (Lipinski definition) is 2. The Morgan fingerprint density at radius 1 is 1.19 bits per heavy atom. The van der Waals surface area contributed by atoms with Crippen molar-refractivity contribution < 1.29 is 17.9 Å². The lowest BCUT2D eigenvalue weighted by atomic mass is 10.1. The predicted molar refractivity (Wildman–Crippen MR) is 55.4 cm³/mol. The molecular formula is C11H14F3NO. The van der Waals surface area contributed by atoms with E-state index in [2.05, 4.69) is 10.1 Å². The van der Waals surface area contributed by atoms with Gasteiger partial charge >= 0.3 is 6.36 Å². The first kappa shape index (κ1) is 12.8. The van der Waals surface area contributed by atoms with E-state index in [1.807, 2.05) is 6.92 Å². The van der Waals surface area contributed by atoms with Crippen molar-refractivity contribution in [1.82, 2.24) is 5.32 Å². The van der Waals surface area contributed by atoms with Crippen LogP contribution in [-0.4, -0.2) is 19.5 Å². The third kappa shape index (κ3) is 5.02. The topological polar surface area (TPSA) is 21.3 Å². The third-order valence-corrected chi connectivity index (χ3v) is 2.00. The maximum atomic E-state index is 11.9. The molecule has 0 aliphatic carbocycles. The molecule has 1 rings (SSSR count). The average molecular weight is 233 g/mol. The number of hydrogen-bond donors (Lipinski definition) is 1. The van der Waals surface area contributed by atoms with Crippen molar-refractivity contribution in [3.05, 3.63) is 29.8 Å². The van der Waals surface area contributed by atoms with Gasteiger partial charge in [-0.3, -0.25) is 0 Å². The fourth-order valence-electron chi connectivity index (χ4n) is 1.27. The molecule has 0 aromatic heterocycles. The van der Waals surface area contributed by atoms with Crippen molar-refractivity contribution in [2.45, 2.75) is 19.7 Å². The predicted octanol–water partition coefficient (Wildman–Crippen LogP) is 2.74. The molecule has 0 aliphatic rings. The first-order chi connectivity index (χ1) is 7.51. The number of ether oxygens (including phenoxy) is 1. The zero-order chi connectivity index (χ0) is 12.0. The zero-order valence-electron chi connectivity index (χ0n) is 8.97. The molecular weight excluding hydrogens is 219 g/mol. The van der Waals surface area contributed by atoms with Crippen LogP contribution in [0, 0.1) is 0 Å². The van der Waals surface area contributed by atoms with E-state index in [1.54, 1.807) is 12.1 Å². The summed E-state index contributed by atoms with van der Waals surface area (Å²) in [6, 6.07) is 5.93. The second-order valence-electron chi connectivity index (χ2n) is 3.30. The minimum Gasteiger partial charge on any atom is -0.406 e. The van der Waals surface area contributed by atoms with Gasteiger partial charge in [0.25, 0.3) is 0 Å². The normalized spacial score (nSPS) is 11.5. The summed E-state index contributed by atoms with van der Waals surface area (Å²) in [7, 11) is 0. The van der Waals surface area contributed by atoms with Crippen molar-refractivity contribution in [2.75, 3.05) is 13.1 Å². The molecule has 90 valence electrons. The van der Waals surface area contributed by atoms with Gasteiger partial charge in [-0.1, -0.05) is 19.1 Å². The lowest BCUT2D eigenvalue weighted by molar-refractivity contribution is -0.274. The fourth-order valence-corrected chi connectivity index (χ4v) is 1.27. The Morgan fingerprint density at radius 3 is 2.31 bits per heavy atom. The van der Waals surface area contributed by atoms with Gasteiger partial charge in [-0.2, -0.15) is 0 Å². The van der Waals surface area contributed by atoms with Crippen LogP contribution in [0.2, 0.25) is 0 Å². The monoisotopic (exact) mass is 233 g/mol. The second-order valence-corrected chi connectivity index (χ2v) is 3.30. The molecule has 0 saturated carbocycles. The molecule has 0 atom stereocenters. The van der Waals surface area contributed by atoms with E-state index in [4.69, 9.17) is 0 Å². The molecule has 5 heteroatoms. The summed E-state index contributed by atoms with van der Waals surface area (Å²) in [4.78, 5) is 0. The molecule has 0 heterocycles. The maximum absolute atomic E-state index is 11.9. The van der Waals surface area contributed by atoms with E-state index in [0.29, 0.717) is 0 Å². The van der Waals surface area contributed by atoms with Crippen molar-refractivity contribution in [3.63, 3.8) is 0 Å². The molecule has 0 saturated heterocycles. The highest BCUT2D eigenvalue weighted by Gasteiger charge is 2.30. The minimum atomic E-state index is -4.62. The van der Waals surface area contributed by atoms with Gasteiger partial charge in [0.2, 0.25) is 0 Å². The van der Waals surface area contributed by atoms with Crippen molar-refractivity contribution in [3.8, 4) is 5.75 Å². The van der Waals surface area contributed by atoms with Crippen LogP contribution in [0.5, 0.6) is 5.75 Å². The van der Waals surface area contributed by atoms with Crippen LogP contribution in [0.3, 0.4) is 0 Å². The molecule has 0 bridgehead atoms. The number of rotatable bonds is 5. The van der Waals surface area contributed by atoms with Crippen molar-refractivity contribution >= 4 is 0 Å². The molecule has 1 aromatic rings. The van der Waals surface area contributed by atoms with Gasteiger partial charge in [0.05, 0.1) is 0 Å². The van der Waals surface area contributed by atoms with Gasteiger partial charge in [-0.05, 0) is 37.2 Å². The molecule has 0 unspecified atom stereocenters. The van der Waals surface area contributed by atoms with E-state index in [1.165, 1.54) is 12.1 Å². The van der Waals surface area contributed by atoms with Gasteiger partial charge < -0.3 is 10.1 Å². The van der Waals surface area contributed by atoms with Crippen LogP contribution in [0.1, 0.15) is 12.5 Å². The fraction of sp³-hybridized carbons (Fsp3) is 0.455. The Morgan fingerprint density at radius 2 is 1.81 bits per heavy atom. The van der Waals surface area contributed by atoms with Crippen LogP contribution in [0.4, 0.5) is 13.2 Å². The Kier molecular flexibility index (Phi) is 4.61. The van der Waals surface area contributed by atoms with Gasteiger partial charge in [0.15, 0.2) is 0 Å². The van der Waals surface area contributed by atoms with Crippen LogP contribution in [0.15, 0.2) is 24.3 Å². The van der Waals surface area contributed by atoms with E-state index < -0.39 is 6.36 Å². The molecule has 0 radical (unpaired) electrons. The van der Waals surface area contributed by atoms with Crippen LogP contribution < -0.4 is 10.1 Å². The highest BCUT2D eigenvalue weighted by molar-refractivity contribution is 5.27. The molecule has 1 N–H and O–H groups in total. The highest BCUT2D eigenvalue weighted by Crippen LogP contribution is 2.22. The zero-order valence-corrected chi connectivity index (χ0v) is 8.97. The summed E-state index contributed by atoms with van der Waals surface area (Å²) in [6.07, 6.45) is -3.83. The summed E-state index contributed by atoms with van der Waals surface area (Å²) in [5.74, 6) is -0.181. The lowest BCUT2D eigenvalue weighted by Crippen LogP contribution is -2.17. The Balaban J connectivity index is 2.48. The van der Waals surface area contributed by atoms with Crippen molar-refractivity contribution in [2.24, 2.45) is 0 Å². The summed E-state index contributed by atoms with van der Waals surface area (Å²) in [5.41, 5.74) is 0.982. The average Bonchev–Trinajstić information content (AvgIpc) is 2.19. The van der Waals surface area contributed by atoms with Crippen LogP contribution in [0.25, 0.3) is 0 Å². The summed E-state index contributed by atoms with van der Waals surface area (Å²) >= 11 is 0. The van der Waals surface area contributed by atoms with Crippen molar-refractivity contribution in [1.29, 1.82) is 0 Å². The van der Waals surface area contributed by atoms with Gasteiger partial charge in [0.1, 0.15) is 5.75 Å².